The Bertz CT molecular complexity index is 985. The average molecular weight is 348 g/mol. The van der Waals surface area contributed by atoms with Gasteiger partial charge in [-0.3, -0.25) is 4.68 Å². The monoisotopic (exact) mass is 348 g/mol. The molecule has 26 heavy (non-hydrogen) atoms. The van der Waals surface area contributed by atoms with E-state index in [2.05, 4.69) is 15.4 Å². The molecule has 0 aliphatic carbocycles. The summed E-state index contributed by atoms with van der Waals surface area (Å²) in [5, 5.41) is 9.10. The van der Waals surface area contributed by atoms with Crippen LogP contribution >= 0.6 is 0 Å². The van der Waals surface area contributed by atoms with Gasteiger partial charge in [0.1, 0.15) is 11.3 Å². The lowest BCUT2D eigenvalue weighted by molar-refractivity contribution is 0.397. The van der Waals surface area contributed by atoms with Crippen molar-refractivity contribution in [2.75, 3.05) is 7.11 Å². The Morgan fingerprint density at radius 1 is 1.15 bits per heavy atom. The highest BCUT2D eigenvalue weighted by molar-refractivity contribution is 5.82. The molecule has 1 N–H and O–H groups in total. The maximum Gasteiger partial charge on any atom is 0.212 e. The van der Waals surface area contributed by atoms with E-state index in [9.17, 15) is 0 Å². The standard InChI is InChI=1S/C20H20N4O2/c1-24-13-16(12-21-10-14-7-8-19(25-2)22-11-14)20(23-24)18-9-15-5-3-4-6-17(15)26-18/h3-9,11,13,21H,10,12H2,1-2H3. The van der Waals surface area contributed by atoms with Crippen LogP contribution in [-0.2, 0) is 20.1 Å². The number of benzene rings is 1. The van der Waals surface area contributed by atoms with Gasteiger partial charge in [0.05, 0.1) is 7.11 Å². The van der Waals surface area contributed by atoms with Gasteiger partial charge in [-0.1, -0.05) is 24.3 Å². The van der Waals surface area contributed by atoms with Crippen LogP contribution < -0.4 is 10.1 Å². The molecular formula is C20H20N4O2. The van der Waals surface area contributed by atoms with Crippen LogP contribution in [0.15, 0.2) is 59.3 Å². The molecule has 1 aromatic carbocycles. The van der Waals surface area contributed by atoms with Crippen molar-refractivity contribution in [3.63, 3.8) is 0 Å². The molecule has 4 rings (SSSR count). The van der Waals surface area contributed by atoms with E-state index >= 15 is 0 Å². The van der Waals surface area contributed by atoms with Crippen LogP contribution in [0.1, 0.15) is 11.1 Å². The van der Waals surface area contributed by atoms with Crippen LogP contribution in [0.4, 0.5) is 0 Å². The van der Waals surface area contributed by atoms with Gasteiger partial charge in [0.2, 0.25) is 5.88 Å². The minimum absolute atomic E-state index is 0.619. The first kappa shape index (κ1) is 16.4. The fourth-order valence-electron chi connectivity index (χ4n) is 2.95. The molecule has 0 bridgehead atoms. The molecule has 4 aromatic rings. The van der Waals surface area contributed by atoms with Crippen molar-refractivity contribution in [1.29, 1.82) is 0 Å². The van der Waals surface area contributed by atoms with Gasteiger partial charge in [0.15, 0.2) is 5.76 Å². The second kappa shape index (κ2) is 7.01. The van der Waals surface area contributed by atoms with Crippen molar-refractivity contribution in [1.82, 2.24) is 20.1 Å². The van der Waals surface area contributed by atoms with Gasteiger partial charge >= 0.3 is 0 Å². The third-order valence-corrected chi connectivity index (χ3v) is 4.21. The Labute approximate surface area is 151 Å². The molecule has 0 unspecified atom stereocenters. The van der Waals surface area contributed by atoms with Crippen LogP contribution in [-0.4, -0.2) is 21.9 Å². The number of aryl methyl sites for hydroxylation is 1. The van der Waals surface area contributed by atoms with Gasteiger partial charge in [-0.2, -0.15) is 5.10 Å². The third kappa shape index (κ3) is 3.32. The number of hydrogen-bond donors (Lipinski definition) is 1. The summed E-state index contributed by atoms with van der Waals surface area (Å²) in [5.74, 6) is 1.41. The smallest absolute Gasteiger partial charge is 0.212 e. The Hall–Kier alpha value is -3.12. The first-order valence-electron chi connectivity index (χ1n) is 8.44. The number of hydrogen-bond acceptors (Lipinski definition) is 5. The zero-order chi connectivity index (χ0) is 17.9. The predicted octanol–water partition coefficient (Wildman–Crippen LogP) is 3.53. The molecule has 6 nitrogen and oxygen atoms in total. The first-order valence-corrected chi connectivity index (χ1v) is 8.44. The van der Waals surface area contributed by atoms with E-state index in [-0.39, 0.29) is 0 Å². The lowest BCUT2D eigenvalue weighted by atomic mass is 10.2. The van der Waals surface area contributed by atoms with E-state index < -0.39 is 0 Å². The van der Waals surface area contributed by atoms with Crippen molar-refractivity contribution in [3.05, 3.63) is 66.0 Å². The largest absolute Gasteiger partial charge is 0.481 e. The molecule has 0 saturated heterocycles. The number of furan rings is 1. The van der Waals surface area contributed by atoms with Crippen LogP contribution in [0.25, 0.3) is 22.4 Å². The van der Waals surface area contributed by atoms with Crippen molar-refractivity contribution in [3.8, 4) is 17.3 Å². The lowest BCUT2D eigenvalue weighted by Gasteiger charge is -2.05. The molecule has 0 atom stereocenters. The second-order valence-electron chi connectivity index (χ2n) is 6.14. The van der Waals surface area contributed by atoms with Gasteiger partial charge in [-0.15, -0.1) is 0 Å². The summed E-state index contributed by atoms with van der Waals surface area (Å²) in [7, 11) is 3.53. The van der Waals surface area contributed by atoms with Crippen molar-refractivity contribution in [2.24, 2.45) is 7.05 Å². The molecule has 3 heterocycles. The van der Waals surface area contributed by atoms with E-state index in [4.69, 9.17) is 9.15 Å². The molecule has 0 aliphatic rings. The quantitative estimate of drug-likeness (QED) is 0.577. The van der Waals surface area contributed by atoms with E-state index in [0.29, 0.717) is 19.0 Å². The van der Waals surface area contributed by atoms with E-state index in [0.717, 1.165) is 33.6 Å². The number of ether oxygens (including phenoxy) is 1. The summed E-state index contributed by atoms with van der Waals surface area (Å²) < 4.78 is 12.9. The molecule has 0 fully saturated rings. The maximum atomic E-state index is 5.97. The summed E-state index contributed by atoms with van der Waals surface area (Å²) in [5.41, 5.74) is 3.92. The summed E-state index contributed by atoms with van der Waals surface area (Å²) >= 11 is 0. The first-order chi connectivity index (χ1) is 12.7. The number of nitrogens with zero attached hydrogens (tertiary/aromatic N) is 3. The summed E-state index contributed by atoms with van der Waals surface area (Å²) in [6.07, 6.45) is 3.83. The van der Waals surface area contributed by atoms with Gasteiger partial charge in [-0.05, 0) is 17.7 Å². The molecule has 0 amide bonds. The molecule has 0 radical (unpaired) electrons. The number of rotatable bonds is 6. The molecule has 0 spiro atoms. The average Bonchev–Trinajstić information content (AvgIpc) is 3.25. The normalized spacial score (nSPS) is 11.2. The highest BCUT2D eigenvalue weighted by atomic mass is 16.5. The van der Waals surface area contributed by atoms with Crippen LogP contribution in [0.5, 0.6) is 5.88 Å². The lowest BCUT2D eigenvalue weighted by Crippen LogP contribution is -2.13. The minimum atomic E-state index is 0.619. The van der Waals surface area contributed by atoms with Crippen molar-refractivity contribution < 1.29 is 9.15 Å². The Morgan fingerprint density at radius 2 is 2.04 bits per heavy atom. The zero-order valence-electron chi connectivity index (χ0n) is 14.8. The van der Waals surface area contributed by atoms with Gasteiger partial charge in [0.25, 0.3) is 0 Å². The Morgan fingerprint density at radius 3 is 2.81 bits per heavy atom. The number of pyridine rings is 1. The van der Waals surface area contributed by atoms with Gasteiger partial charge in [-0.25, -0.2) is 4.98 Å². The molecular weight excluding hydrogens is 328 g/mol. The SMILES string of the molecule is COc1ccc(CNCc2cn(C)nc2-c2cc3ccccc3o2)cn1. The highest BCUT2D eigenvalue weighted by Gasteiger charge is 2.14. The van der Waals surface area contributed by atoms with Crippen molar-refractivity contribution >= 4 is 11.0 Å². The number of methoxy groups -OCH3 is 1. The topological polar surface area (TPSA) is 65.1 Å². The molecule has 0 aliphatic heterocycles. The number of nitrogens with one attached hydrogen (secondary N) is 1. The minimum Gasteiger partial charge on any atom is -0.481 e. The summed E-state index contributed by atoms with van der Waals surface area (Å²) in [4.78, 5) is 4.22. The van der Waals surface area contributed by atoms with E-state index in [1.807, 2.05) is 66.6 Å². The Balaban J connectivity index is 1.50. The van der Waals surface area contributed by atoms with E-state index in [1.165, 1.54) is 0 Å². The highest BCUT2D eigenvalue weighted by Crippen LogP contribution is 2.28. The van der Waals surface area contributed by atoms with Gasteiger partial charge < -0.3 is 14.5 Å². The summed E-state index contributed by atoms with van der Waals surface area (Å²) in [6, 6.07) is 13.9. The van der Waals surface area contributed by atoms with Crippen LogP contribution in [0, 0.1) is 0 Å². The fraction of sp³-hybridized carbons (Fsp3) is 0.200. The Kier molecular flexibility index (Phi) is 4.41. The maximum absolute atomic E-state index is 5.97. The number of para-hydroxylation sites is 1. The molecule has 3 aromatic heterocycles. The zero-order valence-corrected chi connectivity index (χ0v) is 14.8. The van der Waals surface area contributed by atoms with Crippen molar-refractivity contribution in [2.45, 2.75) is 13.1 Å². The van der Waals surface area contributed by atoms with Gasteiger partial charge in [0, 0.05) is 49.5 Å². The molecule has 6 heteroatoms. The molecule has 0 saturated carbocycles. The molecule has 132 valence electrons. The van der Waals surface area contributed by atoms with Crippen LogP contribution in [0.3, 0.4) is 0 Å². The number of fused-ring (bicyclic) bond motifs is 1. The number of aromatic nitrogens is 3. The van der Waals surface area contributed by atoms with E-state index in [1.54, 1.807) is 7.11 Å². The predicted molar refractivity (Wildman–Crippen MR) is 99.7 cm³/mol. The summed E-state index contributed by atoms with van der Waals surface area (Å²) in [6.45, 7) is 1.40. The third-order valence-electron chi connectivity index (χ3n) is 4.21. The van der Waals surface area contributed by atoms with Crippen LogP contribution in [0.2, 0.25) is 0 Å². The fourth-order valence-corrected chi connectivity index (χ4v) is 2.95. The second-order valence-corrected chi connectivity index (χ2v) is 6.14.